The average Bonchev–Trinajstić information content (AvgIpc) is 1.99. The zero-order valence-electron chi connectivity index (χ0n) is 5.50. The Hall–Kier alpha value is -1.28. The summed E-state index contributed by atoms with van der Waals surface area (Å²) in [5.74, 6) is 0.274. The fourth-order valence-electron chi connectivity index (χ4n) is 0.629. The number of aromatic nitrogens is 1. The number of anilines is 2. The van der Waals surface area contributed by atoms with E-state index in [1.165, 1.54) is 6.20 Å². The van der Waals surface area contributed by atoms with Crippen molar-refractivity contribution in [2.45, 2.75) is 0 Å². The lowest BCUT2D eigenvalue weighted by molar-refractivity contribution is 1.30. The molecule has 0 atom stereocenters. The quantitative estimate of drug-likeness (QED) is 0.669. The molecule has 11 heavy (non-hydrogen) atoms. The van der Waals surface area contributed by atoms with Crippen molar-refractivity contribution < 1.29 is 0 Å². The molecule has 0 bridgehead atoms. The first-order valence-corrected chi connectivity index (χ1v) is 3.55. The number of nitriles is 1. The molecule has 1 heterocycles. The van der Waals surface area contributed by atoms with Crippen LogP contribution in [0.4, 0.5) is 11.5 Å². The van der Waals surface area contributed by atoms with Crippen molar-refractivity contribution in [3.05, 3.63) is 16.2 Å². The van der Waals surface area contributed by atoms with Gasteiger partial charge in [-0.15, -0.1) is 0 Å². The maximum atomic E-state index is 8.58. The van der Waals surface area contributed by atoms with Gasteiger partial charge in [0.2, 0.25) is 0 Å². The Morgan fingerprint density at radius 3 is 2.64 bits per heavy atom. The van der Waals surface area contributed by atoms with Gasteiger partial charge in [0.1, 0.15) is 11.9 Å². The van der Waals surface area contributed by atoms with Crippen LogP contribution >= 0.6 is 15.9 Å². The molecule has 0 spiro atoms. The number of nitrogen functional groups attached to an aromatic ring is 2. The first-order chi connectivity index (χ1) is 5.16. The zero-order chi connectivity index (χ0) is 8.43. The van der Waals surface area contributed by atoms with Crippen molar-refractivity contribution in [3.63, 3.8) is 0 Å². The molecule has 5 heteroatoms. The van der Waals surface area contributed by atoms with Crippen LogP contribution in [-0.4, -0.2) is 4.98 Å². The fraction of sp³-hybridized carbons (Fsp3) is 0. The highest BCUT2D eigenvalue weighted by atomic mass is 79.9. The van der Waals surface area contributed by atoms with Gasteiger partial charge in [-0.05, 0) is 15.9 Å². The monoisotopic (exact) mass is 212 g/mol. The third kappa shape index (κ3) is 1.25. The second kappa shape index (κ2) is 2.76. The van der Waals surface area contributed by atoms with Crippen LogP contribution < -0.4 is 11.5 Å². The van der Waals surface area contributed by atoms with Gasteiger partial charge >= 0.3 is 0 Å². The number of halogens is 1. The zero-order valence-corrected chi connectivity index (χ0v) is 7.09. The highest BCUT2D eigenvalue weighted by Crippen LogP contribution is 2.25. The predicted molar refractivity (Wildman–Crippen MR) is 45.5 cm³/mol. The van der Waals surface area contributed by atoms with Crippen molar-refractivity contribution in [3.8, 4) is 6.07 Å². The van der Waals surface area contributed by atoms with Crippen LogP contribution in [0.5, 0.6) is 0 Å². The molecule has 1 aromatic rings. The number of pyridine rings is 1. The van der Waals surface area contributed by atoms with Gasteiger partial charge in [0, 0.05) is 0 Å². The molecule has 0 amide bonds. The van der Waals surface area contributed by atoms with Crippen LogP contribution in [0, 0.1) is 11.3 Å². The van der Waals surface area contributed by atoms with Gasteiger partial charge in [-0.1, -0.05) is 0 Å². The van der Waals surface area contributed by atoms with Crippen LogP contribution in [-0.2, 0) is 0 Å². The van der Waals surface area contributed by atoms with E-state index in [0.29, 0.717) is 15.7 Å². The summed E-state index contributed by atoms with van der Waals surface area (Å²) in [6.45, 7) is 0. The Morgan fingerprint density at radius 1 is 1.55 bits per heavy atom. The molecule has 4 N–H and O–H groups in total. The van der Waals surface area contributed by atoms with E-state index in [4.69, 9.17) is 16.7 Å². The summed E-state index contributed by atoms with van der Waals surface area (Å²) in [6, 6.07) is 1.91. The summed E-state index contributed by atoms with van der Waals surface area (Å²) in [5, 5.41) is 8.58. The van der Waals surface area contributed by atoms with Gasteiger partial charge in [0.05, 0.1) is 21.9 Å². The van der Waals surface area contributed by atoms with Crippen LogP contribution in [0.3, 0.4) is 0 Å². The average molecular weight is 213 g/mol. The van der Waals surface area contributed by atoms with Crippen molar-refractivity contribution in [2.75, 3.05) is 11.5 Å². The van der Waals surface area contributed by atoms with Crippen LogP contribution in [0.2, 0.25) is 0 Å². The molecule has 0 saturated carbocycles. The molecule has 0 unspecified atom stereocenters. The molecule has 0 aromatic carbocycles. The lowest BCUT2D eigenvalue weighted by Crippen LogP contribution is -1.98. The van der Waals surface area contributed by atoms with Gasteiger partial charge < -0.3 is 11.5 Å². The summed E-state index contributed by atoms with van der Waals surface area (Å²) in [4.78, 5) is 3.74. The van der Waals surface area contributed by atoms with E-state index in [1.807, 2.05) is 6.07 Å². The summed E-state index contributed by atoms with van der Waals surface area (Å²) in [5.41, 5.74) is 11.5. The van der Waals surface area contributed by atoms with Crippen molar-refractivity contribution >= 4 is 27.4 Å². The van der Waals surface area contributed by atoms with Crippen molar-refractivity contribution in [2.24, 2.45) is 0 Å². The Labute approximate surface area is 72.0 Å². The second-order valence-electron chi connectivity index (χ2n) is 1.90. The van der Waals surface area contributed by atoms with E-state index >= 15 is 0 Å². The predicted octanol–water partition coefficient (Wildman–Crippen LogP) is 0.880. The smallest absolute Gasteiger partial charge is 0.139 e. The van der Waals surface area contributed by atoms with E-state index in [1.54, 1.807) is 0 Å². The lowest BCUT2D eigenvalue weighted by Gasteiger charge is -2.00. The summed E-state index contributed by atoms with van der Waals surface area (Å²) in [6.07, 6.45) is 1.36. The first kappa shape index (κ1) is 7.82. The number of nitrogens with zero attached hydrogens (tertiary/aromatic N) is 2. The Bertz CT molecular complexity index is 328. The van der Waals surface area contributed by atoms with Crippen LogP contribution in [0.15, 0.2) is 10.7 Å². The number of hydrogen-bond donors (Lipinski definition) is 2. The van der Waals surface area contributed by atoms with Gasteiger partial charge in [-0.3, -0.25) is 0 Å². The minimum atomic E-state index is 0.274. The van der Waals surface area contributed by atoms with Gasteiger partial charge in [0.25, 0.3) is 0 Å². The van der Waals surface area contributed by atoms with E-state index in [-0.39, 0.29) is 5.82 Å². The number of hydrogen-bond acceptors (Lipinski definition) is 4. The Balaban J connectivity index is 3.44. The summed E-state index contributed by atoms with van der Waals surface area (Å²) < 4.78 is 0.458. The normalized spacial score (nSPS) is 9.09. The number of nitrogens with two attached hydrogens (primary N) is 2. The molecule has 1 rings (SSSR count). The summed E-state index contributed by atoms with van der Waals surface area (Å²) in [7, 11) is 0. The van der Waals surface area contributed by atoms with Gasteiger partial charge in [-0.2, -0.15) is 5.26 Å². The first-order valence-electron chi connectivity index (χ1n) is 2.76. The minimum absolute atomic E-state index is 0.274. The third-order valence-electron chi connectivity index (χ3n) is 1.19. The Morgan fingerprint density at radius 2 is 2.18 bits per heavy atom. The van der Waals surface area contributed by atoms with Crippen molar-refractivity contribution in [1.29, 1.82) is 5.26 Å². The Kier molecular flexibility index (Phi) is 1.96. The van der Waals surface area contributed by atoms with Gasteiger partial charge in [-0.25, -0.2) is 4.98 Å². The minimum Gasteiger partial charge on any atom is -0.396 e. The highest BCUT2D eigenvalue weighted by molar-refractivity contribution is 9.10. The lowest BCUT2D eigenvalue weighted by atomic mass is 10.2. The molecule has 4 nitrogen and oxygen atoms in total. The molecular weight excluding hydrogens is 208 g/mol. The molecule has 56 valence electrons. The van der Waals surface area contributed by atoms with Crippen LogP contribution in [0.25, 0.3) is 0 Å². The molecule has 0 aliphatic heterocycles. The second-order valence-corrected chi connectivity index (χ2v) is 2.69. The number of rotatable bonds is 0. The van der Waals surface area contributed by atoms with Gasteiger partial charge in [0.15, 0.2) is 0 Å². The highest BCUT2D eigenvalue weighted by Gasteiger charge is 2.06. The largest absolute Gasteiger partial charge is 0.396 e. The third-order valence-corrected chi connectivity index (χ3v) is 1.99. The van der Waals surface area contributed by atoms with Crippen LogP contribution in [0.1, 0.15) is 5.56 Å². The van der Waals surface area contributed by atoms with E-state index in [0.717, 1.165) is 0 Å². The molecule has 1 aromatic heterocycles. The SMILES string of the molecule is N#Cc1c(N)cnc(N)c1Br. The van der Waals surface area contributed by atoms with E-state index < -0.39 is 0 Å². The summed E-state index contributed by atoms with van der Waals surface area (Å²) >= 11 is 3.10. The molecule has 0 saturated heterocycles. The molecule has 0 aliphatic rings. The fourth-order valence-corrected chi connectivity index (χ4v) is 1.05. The standard InChI is InChI=1S/C6H5BrN4/c7-5-3(1-8)4(9)2-11-6(5)10/h2H,9H2,(H2,10,11). The topological polar surface area (TPSA) is 88.7 Å². The van der Waals surface area contributed by atoms with E-state index in [2.05, 4.69) is 20.9 Å². The molecular formula is C6H5BrN4. The van der Waals surface area contributed by atoms with E-state index in [9.17, 15) is 0 Å². The molecule has 0 fully saturated rings. The molecule has 0 aliphatic carbocycles. The molecule has 0 radical (unpaired) electrons. The maximum absolute atomic E-state index is 8.58. The maximum Gasteiger partial charge on any atom is 0.139 e. The van der Waals surface area contributed by atoms with Crippen molar-refractivity contribution in [1.82, 2.24) is 4.98 Å².